The largest absolute Gasteiger partial charge is 0.497 e. The molecule has 0 saturated carbocycles. The molecule has 0 aliphatic carbocycles. The Morgan fingerprint density at radius 2 is 1.24 bits per heavy atom. The fourth-order valence-corrected chi connectivity index (χ4v) is 5.62. The van der Waals surface area contributed by atoms with Crippen LogP contribution >= 0.6 is 22.7 Å². The number of nitrogens with zero attached hydrogens (tertiary/aromatic N) is 2. The van der Waals surface area contributed by atoms with Crippen LogP contribution in [0.3, 0.4) is 0 Å². The highest BCUT2D eigenvalue weighted by Gasteiger charge is 2.24. The van der Waals surface area contributed by atoms with E-state index in [0.717, 1.165) is 31.7 Å². The quantitative estimate of drug-likeness (QED) is 0.240. The van der Waals surface area contributed by atoms with Crippen molar-refractivity contribution < 1.29 is 14.3 Å². The molecule has 0 N–H and O–H groups in total. The molecule has 5 rings (SSSR count). The fraction of sp³-hybridized carbons (Fsp3) is 0.154. The van der Waals surface area contributed by atoms with E-state index < -0.39 is 0 Å². The summed E-state index contributed by atoms with van der Waals surface area (Å²) in [5.74, 6) is 0.325. The Morgan fingerprint density at radius 3 is 1.70 bits per heavy atom. The summed E-state index contributed by atoms with van der Waals surface area (Å²) in [6.07, 6.45) is 0.394. The van der Waals surface area contributed by atoms with Crippen LogP contribution in [-0.2, 0) is 0 Å². The molecule has 2 aromatic heterocycles. The number of para-hydroxylation sites is 2. The lowest BCUT2D eigenvalue weighted by molar-refractivity contribution is 0.0944. The summed E-state index contributed by atoms with van der Waals surface area (Å²) in [4.78, 5) is 35.4. The van der Waals surface area contributed by atoms with Crippen molar-refractivity contribution in [3.05, 3.63) is 88.4 Å². The van der Waals surface area contributed by atoms with Gasteiger partial charge in [-0.1, -0.05) is 36.4 Å². The number of fused-ring (bicyclic) bond motifs is 2. The third kappa shape index (κ3) is 4.55. The first-order chi connectivity index (χ1) is 16.1. The zero-order chi connectivity index (χ0) is 22.8. The van der Waals surface area contributed by atoms with Crippen LogP contribution in [0.15, 0.2) is 72.8 Å². The van der Waals surface area contributed by atoms with Gasteiger partial charge in [-0.3, -0.25) is 9.59 Å². The monoisotopic (exact) mass is 472 g/mol. The van der Waals surface area contributed by atoms with E-state index in [9.17, 15) is 9.59 Å². The molecule has 0 fully saturated rings. The van der Waals surface area contributed by atoms with Crippen molar-refractivity contribution in [3.63, 3.8) is 0 Å². The number of methoxy groups -OCH3 is 1. The van der Waals surface area contributed by atoms with Crippen molar-refractivity contribution in [1.29, 1.82) is 0 Å². The SMILES string of the molecule is COc1ccc(C(CC(=O)c2nc3ccccc3s2)CC(=O)c2nc3ccccc3s2)cc1. The van der Waals surface area contributed by atoms with Crippen molar-refractivity contribution in [3.8, 4) is 5.75 Å². The van der Waals surface area contributed by atoms with E-state index in [0.29, 0.717) is 10.0 Å². The van der Waals surface area contributed by atoms with E-state index in [4.69, 9.17) is 4.74 Å². The molecule has 3 aromatic carbocycles. The zero-order valence-electron chi connectivity index (χ0n) is 17.9. The second-order valence-electron chi connectivity index (χ2n) is 7.70. The van der Waals surface area contributed by atoms with E-state index in [1.807, 2.05) is 72.8 Å². The predicted octanol–water partition coefficient (Wildman–Crippen LogP) is 6.54. The van der Waals surface area contributed by atoms with E-state index in [2.05, 4.69) is 9.97 Å². The van der Waals surface area contributed by atoms with Gasteiger partial charge in [-0.15, -0.1) is 22.7 Å². The summed E-state index contributed by atoms with van der Waals surface area (Å²) < 4.78 is 7.22. The van der Waals surface area contributed by atoms with Crippen LogP contribution in [0.25, 0.3) is 20.4 Å². The summed E-state index contributed by atoms with van der Waals surface area (Å²) in [5, 5.41) is 0.948. The number of Topliss-reactive ketones (excluding diaryl/α,β-unsaturated/α-hetero) is 2. The number of ether oxygens (including phenoxy) is 1. The number of benzene rings is 3. The molecule has 5 aromatic rings. The van der Waals surface area contributed by atoms with Crippen molar-refractivity contribution >= 4 is 54.7 Å². The average Bonchev–Trinajstić information content (AvgIpc) is 3.48. The summed E-state index contributed by atoms with van der Waals surface area (Å²) in [7, 11) is 1.61. The predicted molar refractivity (Wildman–Crippen MR) is 133 cm³/mol. The van der Waals surface area contributed by atoms with Crippen LogP contribution in [0.1, 0.15) is 43.9 Å². The van der Waals surface area contributed by atoms with E-state index in [1.54, 1.807) is 7.11 Å². The third-order valence-corrected chi connectivity index (χ3v) is 7.67. The maximum Gasteiger partial charge on any atom is 0.192 e. The second-order valence-corrected chi connectivity index (χ2v) is 9.76. The molecule has 0 spiro atoms. The smallest absolute Gasteiger partial charge is 0.192 e. The van der Waals surface area contributed by atoms with Crippen LogP contribution in [0, 0.1) is 0 Å². The number of hydrogen-bond donors (Lipinski definition) is 0. The molecule has 33 heavy (non-hydrogen) atoms. The Kier molecular flexibility index (Phi) is 5.98. The maximum atomic E-state index is 13.2. The summed E-state index contributed by atoms with van der Waals surface area (Å²) in [6.45, 7) is 0. The topological polar surface area (TPSA) is 69.2 Å². The van der Waals surface area contributed by atoms with Gasteiger partial charge >= 0.3 is 0 Å². The molecule has 164 valence electrons. The van der Waals surface area contributed by atoms with E-state index in [-0.39, 0.29) is 30.3 Å². The highest BCUT2D eigenvalue weighted by molar-refractivity contribution is 7.20. The first-order valence-corrected chi connectivity index (χ1v) is 12.2. The lowest BCUT2D eigenvalue weighted by Crippen LogP contribution is -2.12. The van der Waals surface area contributed by atoms with Gasteiger partial charge in [0.2, 0.25) is 0 Å². The second kappa shape index (κ2) is 9.21. The molecule has 0 amide bonds. The molecule has 0 aliphatic heterocycles. The Labute approximate surface area is 198 Å². The molecule has 0 atom stereocenters. The van der Waals surface area contributed by atoms with Crippen LogP contribution < -0.4 is 4.74 Å². The van der Waals surface area contributed by atoms with Crippen LogP contribution in [0.5, 0.6) is 5.75 Å². The summed E-state index contributed by atoms with van der Waals surface area (Å²) in [5.41, 5.74) is 2.55. The van der Waals surface area contributed by atoms with Crippen molar-refractivity contribution in [2.24, 2.45) is 0 Å². The van der Waals surface area contributed by atoms with E-state index >= 15 is 0 Å². The molecular weight excluding hydrogens is 452 g/mol. The van der Waals surface area contributed by atoms with Gasteiger partial charge in [0.15, 0.2) is 21.6 Å². The number of aromatic nitrogens is 2. The first-order valence-electron chi connectivity index (χ1n) is 10.5. The zero-order valence-corrected chi connectivity index (χ0v) is 19.5. The molecule has 0 unspecified atom stereocenters. The van der Waals surface area contributed by atoms with Gasteiger partial charge < -0.3 is 4.74 Å². The van der Waals surface area contributed by atoms with Crippen LogP contribution in [-0.4, -0.2) is 28.6 Å². The van der Waals surface area contributed by atoms with Gasteiger partial charge in [0, 0.05) is 12.8 Å². The third-order valence-electron chi connectivity index (χ3n) is 5.52. The van der Waals surface area contributed by atoms with Crippen LogP contribution in [0.4, 0.5) is 0 Å². The molecule has 7 heteroatoms. The molecule has 2 heterocycles. The standard InChI is InChI=1S/C26H20N2O3S2/c1-31-18-12-10-16(11-13-18)17(14-21(29)25-27-19-6-2-4-8-23(19)32-25)15-22(30)26-28-20-7-3-5-9-24(20)33-26/h2-13,17H,14-15H2,1H3. The Balaban J connectivity index is 1.42. The number of carbonyl (C=O) groups excluding carboxylic acids is 2. The van der Waals surface area contributed by atoms with Gasteiger partial charge in [-0.2, -0.15) is 0 Å². The maximum absolute atomic E-state index is 13.2. The van der Waals surface area contributed by atoms with Crippen molar-refractivity contribution in [2.45, 2.75) is 18.8 Å². The van der Waals surface area contributed by atoms with Gasteiger partial charge in [-0.05, 0) is 47.9 Å². The van der Waals surface area contributed by atoms with Crippen molar-refractivity contribution in [2.75, 3.05) is 7.11 Å². The highest BCUT2D eigenvalue weighted by atomic mass is 32.1. The van der Waals surface area contributed by atoms with E-state index in [1.165, 1.54) is 22.7 Å². The lowest BCUT2D eigenvalue weighted by Gasteiger charge is -2.15. The molecular formula is C26H20N2O3S2. The number of carbonyl (C=O) groups is 2. The lowest BCUT2D eigenvalue weighted by atomic mass is 9.89. The summed E-state index contributed by atoms with van der Waals surface area (Å²) >= 11 is 2.78. The van der Waals surface area contributed by atoms with Gasteiger partial charge in [0.25, 0.3) is 0 Å². The first kappa shape index (κ1) is 21.4. The molecule has 0 bridgehead atoms. The Morgan fingerprint density at radius 1 is 0.758 bits per heavy atom. The number of ketones is 2. The number of hydrogen-bond acceptors (Lipinski definition) is 7. The minimum Gasteiger partial charge on any atom is -0.497 e. The highest BCUT2D eigenvalue weighted by Crippen LogP contribution is 2.32. The Bertz CT molecular complexity index is 1300. The normalized spacial score (nSPS) is 11.3. The molecule has 5 nitrogen and oxygen atoms in total. The van der Waals surface area contributed by atoms with Gasteiger partial charge in [-0.25, -0.2) is 9.97 Å². The average molecular weight is 473 g/mol. The minimum absolute atomic E-state index is 0.0610. The number of rotatable bonds is 8. The number of thiazole rings is 2. The molecule has 0 aliphatic rings. The molecule has 0 radical (unpaired) electrons. The fourth-order valence-electron chi connectivity index (χ4n) is 3.79. The Hall–Kier alpha value is -3.42. The van der Waals surface area contributed by atoms with Crippen LogP contribution in [0.2, 0.25) is 0 Å². The summed E-state index contributed by atoms with van der Waals surface area (Å²) in [6, 6.07) is 23.0. The van der Waals surface area contributed by atoms with Crippen molar-refractivity contribution in [1.82, 2.24) is 9.97 Å². The minimum atomic E-state index is -0.282. The van der Waals surface area contributed by atoms with Gasteiger partial charge in [0.1, 0.15) is 5.75 Å². The molecule has 0 saturated heterocycles. The van der Waals surface area contributed by atoms with Gasteiger partial charge in [0.05, 0.1) is 27.5 Å².